The monoisotopic (exact) mass is 644 g/mol. The predicted molar refractivity (Wildman–Crippen MR) is 183 cm³/mol. The Morgan fingerprint density at radius 3 is 2.21 bits per heavy atom. The third-order valence-corrected chi connectivity index (χ3v) is 9.21. The molecule has 1 amide bonds. The van der Waals surface area contributed by atoms with Gasteiger partial charge in [0.15, 0.2) is 12.1 Å². The first-order valence-corrected chi connectivity index (χ1v) is 16.5. The normalized spacial score (nSPS) is 19.2. The second-order valence-electron chi connectivity index (χ2n) is 11.5. The molecule has 8 heteroatoms. The molecule has 1 aliphatic rings. The van der Waals surface area contributed by atoms with Gasteiger partial charge in [0.2, 0.25) is 5.91 Å². The van der Waals surface area contributed by atoms with Crippen LogP contribution in [0.4, 0.5) is 5.69 Å². The van der Waals surface area contributed by atoms with Crippen LogP contribution in [0.1, 0.15) is 63.4 Å². The number of anilines is 1. The summed E-state index contributed by atoms with van der Waals surface area (Å²) in [7, 11) is 0. The number of amides is 1. The molecule has 2 heterocycles. The fraction of sp³-hybridized carbons (Fsp3) is 0.205. The lowest BCUT2D eigenvalue weighted by molar-refractivity contribution is -0.255. The van der Waals surface area contributed by atoms with E-state index in [4.69, 9.17) is 9.47 Å². The van der Waals surface area contributed by atoms with Gasteiger partial charge < -0.3 is 19.9 Å². The first kappa shape index (κ1) is 32.3. The molecule has 6 rings (SSSR count). The number of aromatic nitrogens is 1. The van der Waals surface area contributed by atoms with E-state index in [1.807, 2.05) is 84.9 Å². The molecule has 0 bridgehead atoms. The van der Waals surface area contributed by atoms with Crippen LogP contribution in [0.25, 0.3) is 0 Å². The summed E-state index contributed by atoms with van der Waals surface area (Å²) in [6.45, 7) is 1.47. The van der Waals surface area contributed by atoms with Gasteiger partial charge in [-0.15, -0.1) is 11.8 Å². The topological polar surface area (TPSA) is 97.8 Å². The zero-order valence-electron chi connectivity index (χ0n) is 26.0. The van der Waals surface area contributed by atoms with E-state index in [0.717, 1.165) is 32.8 Å². The lowest BCUT2D eigenvalue weighted by Crippen LogP contribution is -2.38. The van der Waals surface area contributed by atoms with Crippen LogP contribution in [-0.4, -0.2) is 33.6 Å². The van der Waals surface area contributed by atoms with Gasteiger partial charge in [0.1, 0.15) is 0 Å². The number of ketones is 1. The van der Waals surface area contributed by atoms with E-state index in [1.54, 1.807) is 42.2 Å². The van der Waals surface area contributed by atoms with E-state index in [9.17, 15) is 14.7 Å². The van der Waals surface area contributed by atoms with E-state index in [-0.39, 0.29) is 42.8 Å². The van der Waals surface area contributed by atoms with Gasteiger partial charge in [-0.2, -0.15) is 0 Å². The average Bonchev–Trinajstić information content (AvgIpc) is 3.11. The number of ether oxygens (including phenoxy) is 2. The first-order chi connectivity index (χ1) is 23.0. The van der Waals surface area contributed by atoms with Crippen molar-refractivity contribution in [3.8, 4) is 0 Å². The van der Waals surface area contributed by atoms with Gasteiger partial charge in [0.05, 0.1) is 30.3 Å². The summed E-state index contributed by atoms with van der Waals surface area (Å²) < 4.78 is 13.6. The number of carbonyl (C=O) groups excluding carboxylic acids is 2. The number of nitrogens with one attached hydrogen (secondary N) is 1. The van der Waals surface area contributed by atoms with E-state index in [1.165, 1.54) is 6.92 Å². The Morgan fingerprint density at radius 2 is 1.51 bits per heavy atom. The minimum absolute atomic E-state index is 0.0296. The summed E-state index contributed by atoms with van der Waals surface area (Å²) in [5.41, 5.74) is 5.77. The van der Waals surface area contributed by atoms with Crippen molar-refractivity contribution in [2.24, 2.45) is 0 Å². The predicted octanol–water partition coefficient (Wildman–Crippen LogP) is 7.69. The fourth-order valence-corrected chi connectivity index (χ4v) is 6.68. The largest absolute Gasteiger partial charge is 0.392 e. The molecule has 7 nitrogen and oxygen atoms in total. The third-order valence-electron chi connectivity index (χ3n) is 8.17. The van der Waals surface area contributed by atoms with Crippen molar-refractivity contribution in [1.82, 2.24) is 4.98 Å². The number of benzene rings is 4. The average molecular weight is 645 g/mol. The maximum atomic E-state index is 12.8. The van der Waals surface area contributed by atoms with Crippen molar-refractivity contribution < 1.29 is 24.2 Å². The number of carbonyl (C=O) groups is 2. The van der Waals surface area contributed by atoms with Crippen molar-refractivity contribution in [3.63, 3.8) is 0 Å². The van der Waals surface area contributed by atoms with Crippen LogP contribution in [0.5, 0.6) is 0 Å². The Hall–Kier alpha value is -4.60. The number of hydrogen-bond acceptors (Lipinski definition) is 7. The second kappa shape index (κ2) is 15.3. The molecular weight excluding hydrogens is 609 g/mol. The second-order valence-corrected chi connectivity index (χ2v) is 12.5. The van der Waals surface area contributed by atoms with E-state index >= 15 is 0 Å². The highest BCUT2D eigenvalue weighted by Crippen LogP contribution is 2.48. The zero-order valence-corrected chi connectivity index (χ0v) is 26.8. The molecule has 1 saturated heterocycles. The smallest absolute Gasteiger partial charge is 0.228 e. The molecule has 1 aromatic heterocycles. The van der Waals surface area contributed by atoms with E-state index < -0.39 is 6.29 Å². The molecule has 238 valence electrons. The van der Waals surface area contributed by atoms with Gasteiger partial charge in [-0.25, -0.2) is 4.98 Å². The molecule has 0 spiro atoms. The summed E-state index contributed by atoms with van der Waals surface area (Å²) in [5.74, 6) is 0.325. The molecule has 5 aromatic rings. The van der Waals surface area contributed by atoms with Crippen molar-refractivity contribution in [2.75, 3.05) is 11.1 Å². The number of pyridine rings is 1. The molecule has 1 aliphatic heterocycles. The fourth-order valence-electron chi connectivity index (χ4n) is 5.75. The number of Topliss-reactive ketones (excluding diaryl/α,β-unsaturated/α-hetero) is 1. The minimum Gasteiger partial charge on any atom is -0.392 e. The van der Waals surface area contributed by atoms with E-state index in [0.29, 0.717) is 17.0 Å². The molecule has 47 heavy (non-hydrogen) atoms. The number of nitrogens with zero attached hydrogens (tertiary/aromatic N) is 1. The summed E-state index contributed by atoms with van der Waals surface area (Å²) >= 11 is 1.65. The molecular formula is C39H36N2O5S. The highest BCUT2D eigenvalue weighted by Gasteiger charge is 2.42. The van der Waals surface area contributed by atoms with Gasteiger partial charge in [-0.1, -0.05) is 97.1 Å². The van der Waals surface area contributed by atoms with Crippen molar-refractivity contribution >= 4 is 29.1 Å². The SMILES string of the molecule is CC(=O)c1cccc(NC(=O)Cc2ccc(C3OC(CSc4ccccn4)C(c4ccccc4)C(c4ccc(CO)cc4)O3)cc2)c1. The van der Waals surface area contributed by atoms with Crippen LogP contribution in [0.2, 0.25) is 0 Å². The quantitative estimate of drug-likeness (QED) is 0.112. The van der Waals surface area contributed by atoms with Gasteiger partial charge in [-0.3, -0.25) is 9.59 Å². The van der Waals surface area contributed by atoms with E-state index in [2.05, 4.69) is 22.4 Å². The molecule has 0 aliphatic carbocycles. The van der Waals surface area contributed by atoms with Crippen molar-refractivity contribution in [2.45, 2.75) is 49.4 Å². The standard InChI is InChI=1S/C39H36N2O5S/c1-26(43)32-10-7-11-33(23-32)41-35(44)22-27-13-19-31(20-14-27)39-45-34(25-47-36-12-5-6-21-40-36)37(29-8-3-2-4-9-29)38(46-39)30-17-15-28(24-42)16-18-30/h2-21,23,34,37-39,42H,22,24-25H2,1H3,(H,41,44). The summed E-state index contributed by atoms with van der Waals surface area (Å²) in [4.78, 5) is 29.1. The zero-order chi connectivity index (χ0) is 32.6. The Bertz CT molecular complexity index is 1780. The van der Waals surface area contributed by atoms with Crippen molar-refractivity contribution in [3.05, 3.63) is 161 Å². The van der Waals surface area contributed by atoms with Crippen LogP contribution in [0.3, 0.4) is 0 Å². The van der Waals surface area contributed by atoms with Gasteiger partial charge in [0, 0.05) is 34.7 Å². The number of aliphatic hydroxyl groups is 1. The highest BCUT2D eigenvalue weighted by molar-refractivity contribution is 7.99. The lowest BCUT2D eigenvalue weighted by atomic mass is 9.84. The minimum atomic E-state index is -0.649. The van der Waals surface area contributed by atoms with Crippen LogP contribution >= 0.6 is 11.8 Å². The number of thioether (sulfide) groups is 1. The lowest BCUT2D eigenvalue weighted by Gasteiger charge is -2.43. The molecule has 0 saturated carbocycles. The Morgan fingerprint density at radius 1 is 0.787 bits per heavy atom. The first-order valence-electron chi connectivity index (χ1n) is 15.6. The number of rotatable bonds is 11. The summed E-state index contributed by atoms with van der Waals surface area (Å²) in [6, 6.07) is 38.7. The van der Waals surface area contributed by atoms with Crippen molar-refractivity contribution in [1.29, 1.82) is 0 Å². The van der Waals surface area contributed by atoms with Gasteiger partial charge >= 0.3 is 0 Å². The van der Waals surface area contributed by atoms with Crippen LogP contribution in [0, 0.1) is 0 Å². The summed E-state index contributed by atoms with van der Waals surface area (Å²) in [5, 5.41) is 13.5. The molecule has 4 unspecified atom stereocenters. The summed E-state index contributed by atoms with van der Waals surface area (Å²) in [6.07, 6.45) is 0.776. The molecule has 0 radical (unpaired) electrons. The van der Waals surface area contributed by atoms with Crippen LogP contribution in [-0.2, 0) is 27.3 Å². The van der Waals surface area contributed by atoms with Crippen LogP contribution in [0.15, 0.2) is 133 Å². The Kier molecular flexibility index (Phi) is 10.5. The molecule has 4 atom stereocenters. The van der Waals surface area contributed by atoms with Gasteiger partial charge in [-0.05, 0) is 53.4 Å². The van der Waals surface area contributed by atoms with Crippen LogP contribution < -0.4 is 5.32 Å². The van der Waals surface area contributed by atoms with Gasteiger partial charge in [0.25, 0.3) is 0 Å². The number of hydrogen-bond donors (Lipinski definition) is 2. The molecule has 2 N–H and O–H groups in total. The molecule has 1 fully saturated rings. The highest BCUT2D eigenvalue weighted by atomic mass is 32.2. The maximum absolute atomic E-state index is 12.8. The molecule has 4 aromatic carbocycles. The Balaban J connectivity index is 1.25. The maximum Gasteiger partial charge on any atom is 0.228 e. The number of aliphatic hydroxyl groups excluding tert-OH is 1. The third kappa shape index (κ3) is 8.22. The Labute approximate surface area is 279 Å².